The average molecular weight is 316 g/mol. The number of nitrogens with zero attached hydrogens (tertiary/aromatic N) is 2. The minimum atomic E-state index is -3.93. The molecule has 1 aromatic rings. The molecule has 6 nitrogen and oxygen atoms in total. The molecule has 0 saturated carbocycles. The van der Waals surface area contributed by atoms with E-state index in [-0.39, 0.29) is 28.6 Å². The van der Waals surface area contributed by atoms with Crippen LogP contribution in [0.15, 0.2) is 23.1 Å². The fourth-order valence-electron chi connectivity index (χ4n) is 1.52. The highest BCUT2D eigenvalue weighted by atomic mass is 35.5. The van der Waals surface area contributed by atoms with Crippen LogP contribution in [-0.4, -0.2) is 38.8 Å². The Morgan fingerprint density at radius 2 is 2.15 bits per heavy atom. The molecular weight excluding hydrogens is 302 g/mol. The van der Waals surface area contributed by atoms with Crippen LogP contribution in [0, 0.1) is 11.3 Å². The Labute approximate surface area is 123 Å². The van der Waals surface area contributed by atoms with Gasteiger partial charge in [0.05, 0.1) is 23.2 Å². The van der Waals surface area contributed by atoms with Crippen molar-refractivity contribution in [1.29, 1.82) is 5.26 Å². The number of halogens is 1. The average Bonchev–Trinajstić information content (AvgIpc) is 2.44. The molecule has 1 N–H and O–H groups in total. The van der Waals surface area contributed by atoms with Gasteiger partial charge in [0.1, 0.15) is 4.90 Å². The van der Waals surface area contributed by atoms with Crippen molar-refractivity contribution in [2.24, 2.45) is 0 Å². The summed E-state index contributed by atoms with van der Waals surface area (Å²) in [5, 5.41) is 11.2. The molecule has 1 rings (SSSR count). The van der Waals surface area contributed by atoms with Crippen molar-refractivity contribution in [3.05, 3.63) is 28.8 Å². The Balaban J connectivity index is 3.27. The van der Waals surface area contributed by atoms with Crippen LogP contribution in [0.25, 0.3) is 0 Å². The van der Waals surface area contributed by atoms with Crippen molar-refractivity contribution in [3.63, 3.8) is 0 Å². The number of benzene rings is 1. The van der Waals surface area contributed by atoms with Crippen LogP contribution in [0.2, 0.25) is 5.02 Å². The molecule has 0 bridgehead atoms. The molecule has 0 aromatic heterocycles. The van der Waals surface area contributed by atoms with E-state index in [0.717, 1.165) is 4.31 Å². The van der Waals surface area contributed by atoms with Crippen LogP contribution in [-0.2, 0) is 14.8 Å². The fraction of sp³-hybridized carbons (Fsp3) is 0.333. The van der Waals surface area contributed by atoms with E-state index in [1.807, 2.05) is 6.07 Å². The Hall–Kier alpha value is -1.62. The number of nitriles is 1. The van der Waals surface area contributed by atoms with Gasteiger partial charge in [-0.25, -0.2) is 8.42 Å². The molecule has 20 heavy (non-hydrogen) atoms. The van der Waals surface area contributed by atoms with Crippen molar-refractivity contribution in [1.82, 2.24) is 9.62 Å². The predicted octanol–water partition coefficient (Wildman–Crippen LogP) is 0.968. The van der Waals surface area contributed by atoms with E-state index in [1.54, 1.807) is 6.92 Å². The second-order valence-corrected chi connectivity index (χ2v) is 6.17. The van der Waals surface area contributed by atoms with Gasteiger partial charge in [0.25, 0.3) is 0 Å². The van der Waals surface area contributed by atoms with E-state index < -0.39 is 15.9 Å². The molecule has 0 unspecified atom stereocenters. The van der Waals surface area contributed by atoms with E-state index in [2.05, 4.69) is 5.32 Å². The molecule has 0 atom stereocenters. The first-order valence-electron chi connectivity index (χ1n) is 5.77. The number of rotatable bonds is 5. The van der Waals surface area contributed by atoms with Gasteiger partial charge in [-0.15, -0.1) is 0 Å². The van der Waals surface area contributed by atoms with Gasteiger partial charge in [-0.3, -0.25) is 4.79 Å². The molecule has 1 aromatic carbocycles. The summed E-state index contributed by atoms with van der Waals surface area (Å²) < 4.78 is 25.9. The first-order valence-corrected chi connectivity index (χ1v) is 7.59. The largest absolute Gasteiger partial charge is 0.358 e. The summed E-state index contributed by atoms with van der Waals surface area (Å²) in [4.78, 5) is 11.2. The van der Waals surface area contributed by atoms with Crippen molar-refractivity contribution in [3.8, 4) is 6.07 Å². The maximum Gasteiger partial charge on any atom is 0.245 e. The Bertz CT molecular complexity index is 652. The number of carbonyl (C=O) groups excluding carboxylic acids is 1. The van der Waals surface area contributed by atoms with Crippen molar-refractivity contribution >= 4 is 27.5 Å². The highest BCUT2D eigenvalue weighted by Gasteiger charge is 2.27. The van der Waals surface area contributed by atoms with Crippen LogP contribution >= 0.6 is 11.6 Å². The van der Waals surface area contributed by atoms with E-state index in [1.165, 1.54) is 25.2 Å². The molecule has 0 radical (unpaired) electrons. The Kier molecular flexibility index (Phi) is 5.51. The van der Waals surface area contributed by atoms with E-state index in [0.29, 0.717) is 0 Å². The highest BCUT2D eigenvalue weighted by Crippen LogP contribution is 2.25. The third kappa shape index (κ3) is 3.48. The third-order valence-corrected chi connectivity index (χ3v) is 5.03. The first kappa shape index (κ1) is 16.4. The van der Waals surface area contributed by atoms with Gasteiger partial charge >= 0.3 is 0 Å². The SMILES string of the molecule is CCN(CC(=O)NC)S(=O)(=O)c1cc(C#N)ccc1Cl. The smallest absolute Gasteiger partial charge is 0.245 e. The molecule has 0 saturated heterocycles. The third-order valence-electron chi connectivity index (χ3n) is 2.63. The van der Waals surface area contributed by atoms with Crippen LogP contribution in [0.1, 0.15) is 12.5 Å². The van der Waals surface area contributed by atoms with Crippen LogP contribution < -0.4 is 5.32 Å². The lowest BCUT2D eigenvalue weighted by molar-refractivity contribution is -0.120. The van der Waals surface area contributed by atoms with Crippen molar-refractivity contribution in [2.45, 2.75) is 11.8 Å². The van der Waals surface area contributed by atoms with Crippen LogP contribution in [0.4, 0.5) is 0 Å². The number of carbonyl (C=O) groups is 1. The highest BCUT2D eigenvalue weighted by molar-refractivity contribution is 7.89. The Morgan fingerprint density at radius 1 is 1.50 bits per heavy atom. The normalized spacial score (nSPS) is 11.2. The predicted molar refractivity (Wildman–Crippen MR) is 74.7 cm³/mol. The lowest BCUT2D eigenvalue weighted by atomic mass is 10.2. The number of likely N-dealkylation sites (N-methyl/N-ethyl adjacent to an activating group) is 2. The molecule has 0 spiro atoms. The zero-order valence-electron chi connectivity index (χ0n) is 11.1. The summed E-state index contributed by atoms with van der Waals surface area (Å²) in [5.41, 5.74) is 0.184. The molecule has 108 valence electrons. The van der Waals surface area contributed by atoms with Gasteiger partial charge in [0, 0.05) is 13.6 Å². The number of sulfonamides is 1. The van der Waals surface area contributed by atoms with E-state index >= 15 is 0 Å². The molecular formula is C12H14ClN3O3S. The van der Waals surface area contributed by atoms with Crippen LogP contribution in [0.5, 0.6) is 0 Å². The van der Waals surface area contributed by atoms with Gasteiger partial charge < -0.3 is 5.32 Å². The van der Waals surface area contributed by atoms with Crippen LogP contribution in [0.3, 0.4) is 0 Å². The molecule has 0 aliphatic carbocycles. The minimum absolute atomic E-state index is 0.0133. The second kappa shape index (κ2) is 6.70. The summed E-state index contributed by atoms with van der Waals surface area (Å²) in [7, 11) is -2.51. The summed E-state index contributed by atoms with van der Waals surface area (Å²) in [6, 6.07) is 5.83. The molecule has 8 heteroatoms. The zero-order valence-corrected chi connectivity index (χ0v) is 12.6. The zero-order chi connectivity index (χ0) is 15.3. The van der Waals surface area contributed by atoms with E-state index in [9.17, 15) is 13.2 Å². The summed E-state index contributed by atoms with van der Waals surface area (Å²) in [6.07, 6.45) is 0. The number of hydrogen-bond acceptors (Lipinski definition) is 4. The summed E-state index contributed by atoms with van der Waals surface area (Å²) >= 11 is 5.89. The monoisotopic (exact) mass is 315 g/mol. The molecule has 0 fully saturated rings. The number of nitrogens with one attached hydrogen (secondary N) is 1. The maximum atomic E-state index is 12.5. The van der Waals surface area contributed by atoms with Gasteiger partial charge in [-0.05, 0) is 18.2 Å². The quantitative estimate of drug-likeness (QED) is 0.876. The summed E-state index contributed by atoms with van der Waals surface area (Å²) in [5.74, 6) is -0.428. The van der Waals surface area contributed by atoms with Gasteiger partial charge in [-0.1, -0.05) is 18.5 Å². The number of amides is 1. The lowest BCUT2D eigenvalue weighted by Crippen LogP contribution is -2.39. The van der Waals surface area contributed by atoms with E-state index in [4.69, 9.17) is 16.9 Å². The first-order chi connectivity index (χ1) is 9.36. The lowest BCUT2D eigenvalue weighted by Gasteiger charge is -2.20. The minimum Gasteiger partial charge on any atom is -0.358 e. The Morgan fingerprint density at radius 3 is 2.65 bits per heavy atom. The number of hydrogen-bond donors (Lipinski definition) is 1. The topological polar surface area (TPSA) is 90.3 Å². The van der Waals surface area contributed by atoms with Crippen molar-refractivity contribution < 1.29 is 13.2 Å². The molecule has 0 aliphatic heterocycles. The molecule has 0 heterocycles. The van der Waals surface area contributed by atoms with Gasteiger partial charge in [-0.2, -0.15) is 9.57 Å². The molecule has 0 aliphatic rings. The fourth-order valence-corrected chi connectivity index (χ4v) is 3.42. The van der Waals surface area contributed by atoms with Crippen molar-refractivity contribution in [2.75, 3.05) is 20.1 Å². The molecule has 1 amide bonds. The second-order valence-electron chi connectivity index (χ2n) is 3.86. The van der Waals surface area contributed by atoms with Gasteiger partial charge in [0.15, 0.2) is 0 Å². The van der Waals surface area contributed by atoms with Gasteiger partial charge in [0.2, 0.25) is 15.9 Å². The standard InChI is InChI=1S/C12H14ClN3O3S/c1-3-16(8-12(17)15-2)20(18,19)11-6-9(7-14)4-5-10(11)13/h4-6H,3,8H2,1-2H3,(H,15,17). The maximum absolute atomic E-state index is 12.5. The summed E-state index contributed by atoms with van der Waals surface area (Å²) in [6.45, 7) is 1.42.